The molecule has 0 amide bonds. The summed E-state index contributed by atoms with van der Waals surface area (Å²) in [5, 5.41) is 0. The van der Waals surface area contributed by atoms with Crippen molar-refractivity contribution >= 4 is 3.76 Å². The van der Waals surface area contributed by atoms with Gasteiger partial charge in [-0.15, -0.1) is 11.1 Å². The molecule has 0 nitrogen and oxygen atoms in total. The molecule has 0 unspecified atom stereocenters. The second-order valence-electron chi connectivity index (χ2n) is 9.56. The molecule has 150 valence electrons. The molecule has 1 heteroatoms. The molecule has 1 aliphatic carbocycles. The Morgan fingerprint density at radius 2 is 1.48 bits per heavy atom. The third-order valence-corrected chi connectivity index (χ3v) is 5.02. The summed E-state index contributed by atoms with van der Waals surface area (Å²) in [6.45, 7) is 15.7. The quantitative estimate of drug-likeness (QED) is 0.158. The van der Waals surface area contributed by atoms with Crippen LogP contribution in [0.5, 0.6) is 0 Å². The Kier molecular flexibility index (Phi) is 8.23. The van der Waals surface area contributed by atoms with Gasteiger partial charge in [0.25, 0.3) is 0 Å². The molecule has 3 aromatic carbocycles. The van der Waals surface area contributed by atoms with Gasteiger partial charge >= 0.3 is 34.6 Å². The Hall–Kier alpha value is -1.47. The average molecular weight is 549 g/mol. The molecule has 0 saturated heterocycles. The predicted molar refractivity (Wildman–Crippen MR) is 125 cm³/mol. The summed E-state index contributed by atoms with van der Waals surface area (Å²) in [5.41, 5.74) is 8.70. The second kappa shape index (κ2) is 10.0. The second-order valence-corrected chi connectivity index (χ2v) is 11.6. The molecule has 4 rings (SSSR count). The number of benzene rings is 2. The molecule has 0 aliphatic heterocycles. The van der Waals surface area contributed by atoms with E-state index in [4.69, 9.17) is 0 Å². The summed E-state index contributed by atoms with van der Waals surface area (Å²) in [7, 11) is 0. The monoisotopic (exact) mass is 550 g/mol. The SMILES string of the molecule is CC(C)(C)c1[c-]c2c(cc1)-c1ccc(C(C)(C)C)cc1C2.C[CH]=[Hf+2].c1cc[cH-]c1. The standard InChI is InChI=1S/C21H25.C5H5.C2H4.Hf/c1-20(2,3)16-7-9-18-14(12-16)11-15-13-17(21(4,5)6)8-10-19(15)18;1-2-4-5-3-1;1-2;/h7-10,12H,11H2,1-6H3;1-5H;1H,2H3;/q2*-1;;+2. The van der Waals surface area contributed by atoms with E-state index in [2.05, 4.69) is 88.6 Å². The van der Waals surface area contributed by atoms with Crippen LogP contribution in [0, 0.1) is 6.07 Å². The summed E-state index contributed by atoms with van der Waals surface area (Å²) >= 11 is 1.24. The van der Waals surface area contributed by atoms with Crippen LogP contribution in [0.2, 0.25) is 0 Å². The Balaban J connectivity index is 0.000000316. The molecule has 0 bridgehead atoms. The maximum atomic E-state index is 3.67. The van der Waals surface area contributed by atoms with Gasteiger partial charge in [0.15, 0.2) is 0 Å². The summed E-state index contributed by atoms with van der Waals surface area (Å²) in [5.74, 6) is 0. The predicted octanol–water partition coefficient (Wildman–Crippen LogP) is 7.41. The molecule has 3 aromatic rings. The van der Waals surface area contributed by atoms with Crippen molar-refractivity contribution in [2.45, 2.75) is 65.7 Å². The molecular formula is C28H34Hf. The third-order valence-electron chi connectivity index (χ3n) is 5.02. The molecule has 0 saturated carbocycles. The smallest absolute Gasteiger partial charge is 0.172 e. The van der Waals surface area contributed by atoms with Gasteiger partial charge in [-0.2, -0.15) is 42.0 Å². The molecule has 0 spiro atoms. The fourth-order valence-corrected chi connectivity index (χ4v) is 3.35. The maximum Gasteiger partial charge on any atom is -0.172 e. The molecule has 29 heavy (non-hydrogen) atoms. The summed E-state index contributed by atoms with van der Waals surface area (Å²) in [4.78, 5) is 0. The first-order chi connectivity index (χ1) is 13.6. The maximum absolute atomic E-state index is 3.67. The topological polar surface area (TPSA) is 0 Å². The largest absolute Gasteiger partial charge is 0.214 e. The molecule has 0 aromatic heterocycles. The van der Waals surface area contributed by atoms with E-state index in [1.807, 2.05) is 30.3 Å². The van der Waals surface area contributed by atoms with Crippen molar-refractivity contribution in [2.75, 3.05) is 0 Å². The summed E-state index contributed by atoms with van der Waals surface area (Å²) < 4.78 is 2.14. The van der Waals surface area contributed by atoms with E-state index in [-0.39, 0.29) is 10.8 Å². The van der Waals surface area contributed by atoms with E-state index in [0.717, 1.165) is 6.42 Å². The van der Waals surface area contributed by atoms with Crippen molar-refractivity contribution in [3.05, 3.63) is 89.0 Å². The van der Waals surface area contributed by atoms with Crippen LogP contribution >= 0.6 is 0 Å². The van der Waals surface area contributed by atoms with Gasteiger partial charge in [-0.3, -0.25) is 0 Å². The van der Waals surface area contributed by atoms with Crippen molar-refractivity contribution in [1.29, 1.82) is 0 Å². The number of fused-ring (bicyclic) bond motifs is 3. The zero-order chi connectivity index (χ0) is 21.7. The van der Waals surface area contributed by atoms with Crippen LogP contribution in [0.4, 0.5) is 0 Å². The fourth-order valence-electron chi connectivity index (χ4n) is 3.35. The van der Waals surface area contributed by atoms with Crippen molar-refractivity contribution in [3.63, 3.8) is 0 Å². The van der Waals surface area contributed by atoms with Gasteiger partial charge in [0.05, 0.1) is 0 Å². The van der Waals surface area contributed by atoms with Gasteiger partial charge in [0.1, 0.15) is 0 Å². The zero-order valence-corrected chi connectivity index (χ0v) is 22.7. The minimum atomic E-state index is 0.167. The average Bonchev–Trinajstić information content (AvgIpc) is 3.31. The van der Waals surface area contributed by atoms with Crippen LogP contribution in [-0.4, -0.2) is 3.76 Å². The van der Waals surface area contributed by atoms with Gasteiger partial charge in [-0.1, -0.05) is 65.3 Å². The number of hydrogen-bond donors (Lipinski definition) is 0. The first-order valence-corrected chi connectivity index (χ1v) is 12.5. The van der Waals surface area contributed by atoms with Crippen molar-refractivity contribution in [3.8, 4) is 11.1 Å². The van der Waals surface area contributed by atoms with E-state index in [1.165, 1.54) is 57.3 Å². The molecule has 0 fully saturated rings. The van der Waals surface area contributed by atoms with Crippen LogP contribution in [-0.2, 0) is 41.1 Å². The van der Waals surface area contributed by atoms with Gasteiger partial charge < -0.3 is 0 Å². The van der Waals surface area contributed by atoms with E-state index in [1.54, 1.807) is 0 Å². The van der Waals surface area contributed by atoms with Crippen molar-refractivity contribution in [2.24, 2.45) is 0 Å². The van der Waals surface area contributed by atoms with Gasteiger partial charge in [-0.05, 0) is 28.4 Å². The Morgan fingerprint density at radius 3 is 1.97 bits per heavy atom. The first kappa shape index (κ1) is 23.8. The summed E-state index contributed by atoms with van der Waals surface area (Å²) in [6, 6.07) is 25.2. The first-order valence-electron chi connectivity index (χ1n) is 10.4. The molecule has 1 aliphatic rings. The number of hydrogen-bond acceptors (Lipinski definition) is 0. The Bertz CT molecular complexity index is 837. The molecule has 0 radical (unpaired) electrons. The number of rotatable bonds is 0. The minimum Gasteiger partial charge on any atom is -0.214 e. The van der Waals surface area contributed by atoms with Crippen LogP contribution in [0.25, 0.3) is 11.1 Å². The molecule has 0 atom stereocenters. The van der Waals surface area contributed by atoms with Crippen LogP contribution in [0.1, 0.15) is 70.7 Å². The van der Waals surface area contributed by atoms with Gasteiger partial charge in [-0.25, -0.2) is 12.1 Å². The molecule has 0 heterocycles. The van der Waals surface area contributed by atoms with Crippen LogP contribution in [0.3, 0.4) is 0 Å². The Morgan fingerprint density at radius 1 is 0.897 bits per heavy atom. The molecular weight excluding hydrogens is 515 g/mol. The summed E-state index contributed by atoms with van der Waals surface area (Å²) in [6.07, 6.45) is 1.03. The van der Waals surface area contributed by atoms with Crippen LogP contribution in [0.15, 0.2) is 60.7 Å². The van der Waals surface area contributed by atoms with Gasteiger partial charge in [0, 0.05) is 0 Å². The van der Waals surface area contributed by atoms with Crippen molar-refractivity contribution < 1.29 is 23.9 Å². The zero-order valence-electron chi connectivity index (χ0n) is 19.1. The van der Waals surface area contributed by atoms with Crippen LogP contribution < -0.4 is 0 Å². The van der Waals surface area contributed by atoms with Gasteiger partial charge in [0.2, 0.25) is 0 Å². The normalized spacial score (nSPS) is 12.0. The van der Waals surface area contributed by atoms with E-state index in [9.17, 15) is 0 Å². The van der Waals surface area contributed by atoms with Crippen molar-refractivity contribution in [1.82, 2.24) is 0 Å². The van der Waals surface area contributed by atoms with E-state index < -0.39 is 0 Å². The van der Waals surface area contributed by atoms with E-state index >= 15 is 0 Å². The fraction of sp³-hybridized carbons (Fsp3) is 0.357. The third kappa shape index (κ3) is 6.51. The minimum absolute atomic E-state index is 0.167. The van der Waals surface area contributed by atoms with E-state index in [0.29, 0.717) is 0 Å². The Labute approximate surface area is 192 Å². The molecule has 0 N–H and O–H groups in total.